The van der Waals surface area contributed by atoms with Gasteiger partial charge in [-0.3, -0.25) is 4.79 Å². The van der Waals surface area contributed by atoms with E-state index in [1.165, 1.54) is 17.0 Å². The molecule has 3 nitrogen and oxygen atoms in total. The van der Waals surface area contributed by atoms with E-state index in [0.29, 0.717) is 12.2 Å². The lowest BCUT2D eigenvalue weighted by Gasteiger charge is -2.19. The monoisotopic (exact) mass is 306 g/mol. The summed E-state index contributed by atoms with van der Waals surface area (Å²) in [6.07, 6.45) is -0.0747. The Morgan fingerprint density at radius 3 is 2.62 bits per heavy atom. The predicted molar refractivity (Wildman–Crippen MR) is 82.4 cm³/mol. The Bertz CT molecular complexity index is 640. The molecule has 0 spiro atoms. The highest BCUT2D eigenvalue weighted by Crippen LogP contribution is 2.20. The van der Waals surface area contributed by atoms with Gasteiger partial charge in [0.1, 0.15) is 5.82 Å². The number of nitrogens with two attached hydrogens (primary N) is 1. The first-order chi connectivity index (χ1) is 9.99. The van der Waals surface area contributed by atoms with Crippen LogP contribution in [0.4, 0.5) is 10.1 Å². The highest BCUT2D eigenvalue weighted by Gasteiger charge is 2.16. The lowest BCUT2D eigenvalue weighted by atomic mass is 10.1. The van der Waals surface area contributed by atoms with Crippen LogP contribution in [0.25, 0.3) is 0 Å². The number of nitrogens with zero attached hydrogens (tertiary/aromatic N) is 1. The number of likely N-dealkylation sites (N-methyl/N-ethyl adjacent to an activating group) is 1. The number of anilines is 1. The molecule has 2 aromatic carbocycles. The number of carbonyl (C=O) groups excluding carboxylic acids is 1. The van der Waals surface area contributed by atoms with Gasteiger partial charge in [0.25, 0.3) is 0 Å². The molecule has 0 aliphatic carbocycles. The van der Waals surface area contributed by atoms with Crippen molar-refractivity contribution in [1.82, 2.24) is 4.90 Å². The van der Waals surface area contributed by atoms with E-state index < -0.39 is 5.82 Å². The summed E-state index contributed by atoms with van der Waals surface area (Å²) in [5.41, 5.74) is 7.55. The number of nitrogen functional groups attached to an aromatic ring is 1. The van der Waals surface area contributed by atoms with Gasteiger partial charge in [0, 0.05) is 29.9 Å². The molecular weight excluding hydrogens is 291 g/mol. The van der Waals surface area contributed by atoms with Crippen LogP contribution in [0, 0.1) is 5.82 Å². The molecule has 1 amide bonds. The highest BCUT2D eigenvalue weighted by molar-refractivity contribution is 6.31. The summed E-state index contributed by atoms with van der Waals surface area (Å²) in [5.74, 6) is -0.686. The Labute approximate surface area is 128 Å². The fraction of sp³-hybridized carbons (Fsp3) is 0.188. The fourth-order valence-corrected chi connectivity index (χ4v) is 2.24. The molecule has 5 heteroatoms. The van der Waals surface area contributed by atoms with E-state index in [1.54, 1.807) is 19.2 Å². The molecule has 0 radical (unpaired) electrons. The molecule has 0 bridgehead atoms. The second-order valence-corrected chi connectivity index (χ2v) is 5.23. The molecule has 0 heterocycles. The van der Waals surface area contributed by atoms with Crippen LogP contribution in [-0.4, -0.2) is 17.9 Å². The van der Waals surface area contributed by atoms with Gasteiger partial charge in [-0.05, 0) is 23.8 Å². The number of benzene rings is 2. The van der Waals surface area contributed by atoms with Crippen molar-refractivity contribution in [2.75, 3.05) is 12.8 Å². The summed E-state index contributed by atoms with van der Waals surface area (Å²) >= 11 is 5.93. The molecule has 2 aromatic rings. The average molecular weight is 307 g/mol. The van der Waals surface area contributed by atoms with Crippen LogP contribution >= 0.6 is 11.6 Å². The number of amides is 1. The standard InChI is InChI=1S/C16H16ClFN2O/c1-20(10-11-5-2-3-8-15(11)19)16(21)9-12-13(17)6-4-7-14(12)18/h2-8H,9-10,19H2,1H3. The summed E-state index contributed by atoms with van der Waals surface area (Å²) in [5, 5.41) is 0.260. The van der Waals surface area contributed by atoms with Crippen molar-refractivity contribution in [2.45, 2.75) is 13.0 Å². The summed E-state index contributed by atoms with van der Waals surface area (Å²) in [6, 6.07) is 11.7. The van der Waals surface area contributed by atoms with Crippen molar-refractivity contribution in [1.29, 1.82) is 0 Å². The molecule has 0 unspecified atom stereocenters. The number of para-hydroxylation sites is 1. The second kappa shape index (κ2) is 6.59. The molecule has 0 saturated heterocycles. The molecule has 0 atom stereocenters. The predicted octanol–water partition coefficient (Wildman–Crippen LogP) is 3.26. The van der Waals surface area contributed by atoms with Gasteiger partial charge in [0.2, 0.25) is 5.91 Å². The first kappa shape index (κ1) is 15.3. The van der Waals surface area contributed by atoms with Crippen LogP contribution in [0.15, 0.2) is 42.5 Å². The lowest BCUT2D eigenvalue weighted by molar-refractivity contribution is -0.129. The molecule has 0 aromatic heterocycles. The smallest absolute Gasteiger partial charge is 0.227 e. The van der Waals surface area contributed by atoms with Gasteiger partial charge in [-0.15, -0.1) is 0 Å². The lowest BCUT2D eigenvalue weighted by Crippen LogP contribution is -2.28. The maximum absolute atomic E-state index is 13.7. The molecule has 2 rings (SSSR count). The summed E-state index contributed by atoms with van der Waals surface area (Å²) in [6.45, 7) is 0.373. The third-order valence-corrected chi connectivity index (χ3v) is 3.63. The molecule has 21 heavy (non-hydrogen) atoms. The molecular formula is C16H16ClFN2O. The van der Waals surface area contributed by atoms with Crippen molar-refractivity contribution in [3.05, 3.63) is 64.4 Å². The van der Waals surface area contributed by atoms with Gasteiger partial charge in [0.15, 0.2) is 0 Å². The van der Waals surface area contributed by atoms with Crippen molar-refractivity contribution in [2.24, 2.45) is 0 Å². The molecule has 2 N–H and O–H groups in total. The normalized spacial score (nSPS) is 10.4. The number of carbonyl (C=O) groups is 1. The van der Waals surface area contributed by atoms with E-state index in [-0.39, 0.29) is 22.9 Å². The number of halogens is 2. The Morgan fingerprint density at radius 1 is 1.24 bits per heavy atom. The zero-order valence-corrected chi connectivity index (χ0v) is 12.4. The van der Waals surface area contributed by atoms with Crippen LogP contribution in [0.2, 0.25) is 5.02 Å². The van der Waals surface area contributed by atoms with Gasteiger partial charge < -0.3 is 10.6 Å². The van der Waals surface area contributed by atoms with Crippen molar-refractivity contribution >= 4 is 23.2 Å². The Kier molecular flexibility index (Phi) is 4.81. The third-order valence-electron chi connectivity index (χ3n) is 3.28. The SMILES string of the molecule is CN(Cc1ccccc1N)C(=O)Cc1c(F)cccc1Cl. The molecule has 0 aliphatic rings. The average Bonchev–Trinajstić information content (AvgIpc) is 2.45. The van der Waals surface area contributed by atoms with E-state index in [1.807, 2.05) is 18.2 Å². The largest absolute Gasteiger partial charge is 0.398 e. The van der Waals surface area contributed by atoms with Gasteiger partial charge in [-0.25, -0.2) is 4.39 Å². The van der Waals surface area contributed by atoms with Crippen molar-refractivity contribution in [3.63, 3.8) is 0 Å². The number of hydrogen-bond acceptors (Lipinski definition) is 2. The molecule has 110 valence electrons. The molecule has 0 fully saturated rings. The Balaban J connectivity index is 2.08. The highest BCUT2D eigenvalue weighted by atomic mass is 35.5. The van der Waals surface area contributed by atoms with Gasteiger partial charge >= 0.3 is 0 Å². The maximum atomic E-state index is 13.7. The summed E-state index contributed by atoms with van der Waals surface area (Å²) in [7, 11) is 1.66. The van der Waals surface area contributed by atoms with Crippen LogP contribution in [0.3, 0.4) is 0 Å². The minimum Gasteiger partial charge on any atom is -0.398 e. The van der Waals surface area contributed by atoms with Gasteiger partial charge in [-0.1, -0.05) is 35.9 Å². The van der Waals surface area contributed by atoms with E-state index >= 15 is 0 Å². The number of rotatable bonds is 4. The topological polar surface area (TPSA) is 46.3 Å². The molecule has 0 saturated carbocycles. The fourth-order valence-electron chi connectivity index (χ4n) is 2.01. The second-order valence-electron chi connectivity index (χ2n) is 4.83. The van der Waals surface area contributed by atoms with Gasteiger partial charge in [-0.2, -0.15) is 0 Å². The van der Waals surface area contributed by atoms with Crippen LogP contribution in [0.1, 0.15) is 11.1 Å². The minimum atomic E-state index is -0.469. The van der Waals surface area contributed by atoms with Gasteiger partial charge in [0.05, 0.1) is 6.42 Å². The zero-order valence-electron chi connectivity index (χ0n) is 11.6. The Morgan fingerprint density at radius 2 is 1.95 bits per heavy atom. The minimum absolute atomic E-state index is 0.0747. The Hall–Kier alpha value is -2.07. The van der Waals surface area contributed by atoms with Crippen LogP contribution < -0.4 is 5.73 Å². The first-order valence-corrected chi connectivity index (χ1v) is 6.87. The third kappa shape index (κ3) is 3.73. The van der Waals surface area contributed by atoms with E-state index in [9.17, 15) is 9.18 Å². The van der Waals surface area contributed by atoms with Crippen molar-refractivity contribution in [3.8, 4) is 0 Å². The summed E-state index contributed by atoms with van der Waals surface area (Å²) in [4.78, 5) is 13.7. The first-order valence-electron chi connectivity index (χ1n) is 6.49. The quantitative estimate of drug-likeness (QED) is 0.881. The van der Waals surface area contributed by atoms with Crippen molar-refractivity contribution < 1.29 is 9.18 Å². The van der Waals surface area contributed by atoms with E-state index in [2.05, 4.69) is 0 Å². The molecule has 0 aliphatic heterocycles. The van der Waals surface area contributed by atoms with Crippen LogP contribution in [-0.2, 0) is 17.8 Å². The number of hydrogen-bond donors (Lipinski definition) is 1. The maximum Gasteiger partial charge on any atom is 0.227 e. The van der Waals surface area contributed by atoms with E-state index in [0.717, 1.165) is 5.56 Å². The van der Waals surface area contributed by atoms with E-state index in [4.69, 9.17) is 17.3 Å². The zero-order chi connectivity index (χ0) is 15.4. The summed E-state index contributed by atoms with van der Waals surface area (Å²) < 4.78 is 13.7. The van der Waals surface area contributed by atoms with Crippen LogP contribution in [0.5, 0.6) is 0 Å².